The lowest BCUT2D eigenvalue weighted by atomic mass is 10.0. The van der Waals surface area contributed by atoms with Gasteiger partial charge in [-0.05, 0) is 13.0 Å². The first-order valence-corrected chi connectivity index (χ1v) is 5.05. The summed E-state index contributed by atoms with van der Waals surface area (Å²) in [5.74, 6) is -7.49. The summed E-state index contributed by atoms with van der Waals surface area (Å²) in [6.07, 6.45) is -4.79. The maximum atomic E-state index is 13.7. The van der Waals surface area contributed by atoms with Crippen LogP contribution in [-0.2, 0) is 11.0 Å². The standard InChI is InChI=1S/C11H7F6NO2/c1-4(20)5(2-3-19)6-7(12)9(11(15,16)17)18-10(14)8(6)13/h2,19H,3H2,1H3/b5-2+. The van der Waals surface area contributed by atoms with E-state index in [1.807, 2.05) is 0 Å². The Morgan fingerprint density at radius 3 is 2.20 bits per heavy atom. The van der Waals surface area contributed by atoms with Gasteiger partial charge in [-0.15, -0.1) is 0 Å². The van der Waals surface area contributed by atoms with Crippen LogP contribution in [0.5, 0.6) is 0 Å². The molecule has 0 bridgehead atoms. The summed E-state index contributed by atoms with van der Waals surface area (Å²) in [5, 5.41) is 8.62. The molecule has 0 unspecified atom stereocenters. The van der Waals surface area contributed by atoms with E-state index in [-0.39, 0.29) is 0 Å². The van der Waals surface area contributed by atoms with Crippen molar-refractivity contribution in [3.8, 4) is 0 Å². The third kappa shape index (κ3) is 2.98. The van der Waals surface area contributed by atoms with Gasteiger partial charge in [-0.25, -0.2) is 13.8 Å². The van der Waals surface area contributed by atoms with Crippen molar-refractivity contribution < 1.29 is 36.2 Å². The Morgan fingerprint density at radius 2 is 1.80 bits per heavy atom. The van der Waals surface area contributed by atoms with E-state index in [1.165, 1.54) is 0 Å². The number of alkyl halides is 3. The highest BCUT2D eigenvalue weighted by Crippen LogP contribution is 2.34. The van der Waals surface area contributed by atoms with Gasteiger partial charge in [0.1, 0.15) is 0 Å². The van der Waals surface area contributed by atoms with Crippen molar-refractivity contribution in [3.63, 3.8) is 0 Å². The van der Waals surface area contributed by atoms with Crippen LogP contribution in [0.4, 0.5) is 26.3 Å². The summed E-state index contributed by atoms with van der Waals surface area (Å²) in [6.45, 7) is -0.0783. The molecular formula is C11H7F6NO2. The number of allylic oxidation sites excluding steroid dienone is 1. The zero-order valence-electron chi connectivity index (χ0n) is 9.85. The van der Waals surface area contributed by atoms with E-state index in [1.54, 1.807) is 0 Å². The van der Waals surface area contributed by atoms with Gasteiger partial charge in [0.25, 0.3) is 0 Å². The van der Waals surface area contributed by atoms with Gasteiger partial charge in [-0.2, -0.15) is 17.6 Å². The molecule has 110 valence electrons. The SMILES string of the molecule is CC(=O)/C(=C\CO)c1c(F)c(F)nc(C(F)(F)F)c1F. The minimum absolute atomic E-state index is 0.573. The van der Waals surface area contributed by atoms with Crippen LogP contribution in [0.25, 0.3) is 5.57 Å². The van der Waals surface area contributed by atoms with Crippen molar-refractivity contribution in [2.75, 3.05) is 6.61 Å². The van der Waals surface area contributed by atoms with E-state index in [0.29, 0.717) is 6.08 Å². The summed E-state index contributed by atoms with van der Waals surface area (Å²) in [4.78, 5) is 13.3. The lowest BCUT2D eigenvalue weighted by Crippen LogP contribution is -2.17. The maximum Gasteiger partial charge on any atom is 0.436 e. The summed E-state index contributed by atoms with van der Waals surface area (Å²) in [6, 6.07) is 0. The van der Waals surface area contributed by atoms with Crippen molar-refractivity contribution in [1.82, 2.24) is 4.98 Å². The van der Waals surface area contributed by atoms with Gasteiger partial charge in [0.05, 0.1) is 12.2 Å². The van der Waals surface area contributed by atoms with Gasteiger partial charge in [-0.1, -0.05) is 0 Å². The maximum absolute atomic E-state index is 13.7. The molecule has 0 radical (unpaired) electrons. The second-order valence-electron chi connectivity index (χ2n) is 3.61. The van der Waals surface area contributed by atoms with Crippen LogP contribution < -0.4 is 0 Å². The average molecular weight is 299 g/mol. The first-order valence-electron chi connectivity index (χ1n) is 5.05. The second kappa shape index (κ2) is 5.61. The van der Waals surface area contributed by atoms with Crippen LogP contribution in [-0.4, -0.2) is 22.5 Å². The summed E-state index contributed by atoms with van der Waals surface area (Å²) in [7, 11) is 0. The molecule has 1 rings (SSSR count). The largest absolute Gasteiger partial charge is 0.436 e. The predicted octanol–water partition coefficient (Wildman–Crippen LogP) is 2.48. The Labute approximate surface area is 108 Å². The van der Waals surface area contributed by atoms with Crippen LogP contribution in [0, 0.1) is 17.6 Å². The zero-order valence-corrected chi connectivity index (χ0v) is 9.85. The molecule has 9 heteroatoms. The zero-order chi connectivity index (χ0) is 15.7. The van der Waals surface area contributed by atoms with Crippen molar-refractivity contribution in [1.29, 1.82) is 0 Å². The molecule has 0 amide bonds. The number of carbonyl (C=O) groups is 1. The van der Waals surface area contributed by atoms with Crippen LogP contribution >= 0.6 is 0 Å². The molecule has 0 fully saturated rings. The molecule has 0 saturated heterocycles. The fourth-order valence-electron chi connectivity index (χ4n) is 1.45. The quantitative estimate of drug-likeness (QED) is 0.530. The number of ketones is 1. The Morgan fingerprint density at radius 1 is 1.25 bits per heavy atom. The molecule has 20 heavy (non-hydrogen) atoms. The number of nitrogens with zero attached hydrogens (tertiary/aromatic N) is 1. The number of aliphatic hydroxyl groups is 1. The highest BCUT2D eigenvalue weighted by Gasteiger charge is 2.40. The van der Waals surface area contributed by atoms with E-state index < -0.39 is 53.0 Å². The lowest BCUT2D eigenvalue weighted by molar-refractivity contribution is -0.144. The smallest absolute Gasteiger partial charge is 0.392 e. The number of carbonyl (C=O) groups excluding carboxylic acids is 1. The fraction of sp³-hybridized carbons (Fsp3) is 0.273. The Bertz CT molecular complexity index is 579. The van der Waals surface area contributed by atoms with Crippen molar-refractivity contribution in [3.05, 3.63) is 34.9 Å². The molecule has 0 aliphatic heterocycles. The molecule has 0 aliphatic rings. The molecule has 1 aromatic rings. The Balaban J connectivity index is 3.74. The Kier molecular flexibility index (Phi) is 4.53. The normalized spacial score (nSPS) is 12.7. The number of hydrogen-bond donors (Lipinski definition) is 1. The molecule has 3 nitrogen and oxygen atoms in total. The minimum Gasteiger partial charge on any atom is -0.392 e. The molecular weight excluding hydrogens is 292 g/mol. The van der Waals surface area contributed by atoms with Gasteiger partial charge in [0, 0.05) is 5.57 Å². The van der Waals surface area contributed by atoms with E-state index in [2.05, 4.69) is 4.98 Å². The van der Waals surface area contributed by atoms with E-state index in [4.69, 9.17) is 5.11 Å². The summed E-state index contributed by atoms with van der Waals surface area (Å²) < 4.78 is 77.5. The molecule has 0 spiro atoms. The van der Waals surface area contributed by atoms with Crippen LogP contribution in [0.3, 0.4) is 0 Å². The van der Waals surface area contributed by atoms with Gasteiger partial charge >= 0.3 is 6.18 Å². The fourth-order valence-corrected chi connectivity index (χ4v) is 1.45. The third-order valence-corrected chi connectivity index (χ3v) is 2.25. The molecule has 1 N–H and O–H groups in total. The third-order valence-electron chi connectivity index (χ3n) is 2.25. The van der Waals surface area contributed by atoms with E-state index >= 15 is 0 Å². The van der Waals surface area contributed by atoms with Gasteiger partial charge in [0.15, 0.2) is 23.1 Å². The van der Waals surface area contributed by atoms with Gasteiger partial charge in [0.2, 0.25) is 5.95 Å². The van der Waals surface area contributed by atoms with Crippen LogP contribution in [0.1, 0.15) is 18.2 Å². The highest BCUT2D eigenvalue weighted by molar-refractivity contribution is 6.19. The number of aromatic nitrogens is 1. The summed E-state index contributed by atoms with van der Waals surface area (Å²) in [5.41, 5.74) is -4.70. The Hall–Kier alpha value is -1.90. The van der Waals surface area contributed by atoms with Gasteiger partial charge in [-0.3, -0.25) is 4.79 Å². The highest BCUT2D eigenvalue weighted by atomic mass is 19.4. The number of Topliss-reactive ketones (excluding diaryl/α,β-unsaturated/α-hetero) is 1. The second-order valence-corrected chi connectivity index (χ2v) is 3.61. The molecule has 0 atom stereocenters. The first kappa shape index (κ1) is 16.2. The number of pyridine rings is 1. The first-order chi connectivity index (χ1) is 9.11. The summed E-state index contributed by atoms with van der Waals surface area (Å²) >= 11 is 0. The average Bonchev–Trinajstić information content (AvgIpc) is 2.31. The number of halogens is 6. The lowest BCUT2D eigenvalue weighted by Gasteiger charge is -2.13. The van der Waals surface area contributed by atoms with Crippen molar-refractivity contribution in [2.45, 2.75) is 13.1 Å². The topological polar surface area (TPSA) is 50.2 Å². The molecule has 0 aromatic carbocycles. The number of hydrogen-bond acceptors (Lipinski definition) is 3. The molecule has 1 heterocycles. The van der Waals surface area contributed by atoms with Gasteiger partial charge < -0.3 is 5.11 Å². The monoisotopic (exact) mass is 299 g/mol. The van der Waals surface area contributed by atoms with Crippen molar-refractivity contribution in [2.24, 2.45) is 0 Å². The molecule has 1 aromatic heterocycles. The van der Waals surface area contributed by atoms with Crippen LogP contribution in [0.15, 0.2) is 6.08 Å². The number of rotatable bonds is 3. The predicted molar refractivity (Wildman–Crippen MR) is 54.9 cm³/mol. The van der Waals surface area contributed by atoms with E-state index in [0.717, 1.165) is 6.92 Å². The minimum atomic E-state index is -5.37. The van der Waals surface area contributed by atoms with Crippen molar-refractivity contribution >= 4 is 11.4 Å². The van der Waals surface area contributed by atoms with Crippen LogP contribution in [0.2, 0.25) is 0 Å². The van der Waals surface area contributed by atoms with E-state index in [9.17, 15) is 31.1 Å². The number of aliphatic hydroxyl groups excluding tert-OH is 1. The molecule has 0 saturated carbocycles. The molecule has 0 aliphatic carbocycles.